The first-order valence-electron chi connectivity index (χ1n) is 15.0. The van der Waals surface area contributed by atoms with Crippen molar-refractivity contribution < 1.29 is 49.5 Å². The van der Waals surface area contributed by atoms with Gasteiger partial charge in [-0.3, -0.25) is 28.9 Å². The van der Waals surface area contributed by atoms with Gasteiger partial charge in [0.1, 0.15) is 28.9 Å². The van der Waals surface area contributed by atoms with Crippen LogP contribution in [0, 0.1) is 17.8 Å². The number of fused-ring (bicyclic) bond motifs is 3. The van der Waals surface area contributed by atoms with Crippen molar-refractivity contribution >= 4 is 34.8 Å². The maximum Gasteiger partial charge on any atom is 0.255 e. The van der Waals surface area contributed by atoms with Crippen molar-refractivity contribution in [1.82, 2.24) is 10.4 Å². The molecule has 2 fully saturated rings. The molecule has 14 nitrogen and oxygen atoms in total. The van der Waals surface area contributed by atoms with Crippen LogP contribution in [0.4, 0.5) is 5.69 Å². The number of likely N-dealkylation sites (N-methyl/N-ethyl adjacent to an activating group) is 1. The first-order valence-corrected chi connectivity index (χ1v) is 15.0. The van der Waals surface area contributed by atoms with Crippen LogP contribution in [0.25, 0.3) is 5.76 Å². The Hall–Kier alpha value is -3.82. The number of hydroxylamine groups is 1. The van der Waals surface area contributed by atoms with Crippen molar-refractivity contribution in [2.75, 3.05) is 19.4 Å². The lowest BCUT2D eigenvalue weighted by molar-refractivity contribution is -0.169. The van der Waals surface area contributed by atoms with Crippen LogP contribution >= 0.6 is 0 Å². The molecule has 0 spiro atoms. The minimum Gasteiger partial charge on any atom is -0.508 e. The van der Waals surface area contributed by atoms with Crippen molar-refractivity contribution in [3.05, 3.63) is 40.2 Å². The van der Waals surface area contributed by atoms with Crippen molar-refractivity contribution in [1.29, 1.82) is 0 Å². The van der Waals surface area contributed by atoms with Crippen LogP contribution in [-0.4, -0.2) is 97.8 Å². The van der Waals surface area contributed by atoms with Gasteiger partial charge in [-0.15, -0.1) is 0 Å². The lowest BCUT2D eigenvalue weighted by Gasteiger charge is -2.53. The van der Waals surface area contributed by atoms with Gasteiger partial charge in [-0.25, -0.2) is 0 Å². The van der Waals surface area contributed by atoms with E-state index in [1.807, 2.05) is 0 Å². The van der Waals surface area contributed by atoms with Crippen molar-refractivity contribution in [3.8, 4) is 5.75 Å². The maximum absolute atomic E-state index is 14.1. The Bertz CT molecular complexity index is 1530. The van der Waals surface area contributed by atoms with Crippen LogP contribution in [0.1, 0.15) is 57.1 Å². The Balaban J connectivity index is 1.55. The quantitative estimate of drug-likeness (QED) is 0.112. The number of ketones is 2. The van der Waals surface area contributed by atoms with Gasteiger partial charge in [-0.1, -0.05) is 26.8 Å². The molecule has 0 heterocycles. The second-order valence-electron chi connectivity index (χ2n) is 12.9. The van der Waals surface area contributed by atoms with E-state index in [9.17, 15) is 44.7 Å². The van der Waals surface area contributed by atoms with Crippen molar-refractivity contribution in [3.63, 3.8) is 0 Å². The summed E-state index contributed by atoms with van der Waals surface area (Å²) < 4.78 is 0. The predicted octanol–water partition coefficient (Wildman–Crippen LogP) is 0.533. The number of phenols is 1. The van der Waals surface area contributed by atoms with Gasteiger partial charge in [-0.2, -0.15) is 5.48 Å². The second kappa shape index (κ2) is 11.5. The molecule has 4 aliphatic carbocycles. The molecule has 45 heavy (non-hydrogen) atoms. The summed E-state index contributed by atoms with van der Waals surface area (Å²) in [5, 5.41) is 60.0. The van der Waals surface area contributed by atoms with Crippen LogP contribution in [0.3, 0.4) is 0 Å². The molecule has 1 aromatic rings. The van der Waals surface area contributed by atoms with Crippen LogP contribution in [0.2, 0.25) is 0 Å². The van der Waals surface area contributed by atoms with Crippen LogP contribution < -0.4 is 16.5 Å². The molecule has 2 amide bonds. The zero-order valence-corrected chi connectivity index (χ0v) is 25.7. The first kappa shape index (κ1) is 32.6. The van der Waals surface area contributed by atoms with Gasteiger partial charge in [0, 0.05) is 11.5 Å². The molecule has 7 atom stereocenters. The molecule has 9 N–H and O–H groups in total. The number of nitrogens with zero attached hydrogens (tertiary/aromatic N) is 1. The molecule has 0 radical (unpaired) electrons. The molecule has 1 aromatic carbocycles. The summed E-state index contributed by atoms with van der Waals surface area (Å²) in [6.07, 6.45) is 0.407. The minimum absolute atomic E-state index is 0.00146. The van der Waals surface area contributed by atoms with Crippen LogP contribution in [0.15, 0.2) is 29.0 Å². The number of rotatable bonds is 8. The highest BCUT2D eigenvalue weighted by Crippen LogP contribution is 2.56. The van der Waals surface area contributed by atoms with Gasteiger partial charge in [0.25, 0.3) is 5.91 Å². The van der Waals surface area contributed by atoms with Crippen LogP contribution in [0.5, 0.6) is 5.75 Å². The van der Waals surface area contributed by atoms with E-state index >= 15 is 0 Å². The Morgan fingerprint density at radius 2 is 1.80 bits per heavy atom. The highest BCUT2D eigenvalue weighted by molar-refractivity contribution is 6.24. The average molecular weight is 629 g/mol. The number of amides is 2. The number of benzene rings is 1. The molecule has 14 heteroatoms. The molecule has 244 valence electrons. The number of phenolic OH excluding ortho intramolecular Hbond substituents is 1. The molecule has 0 saturated heterocycles. The number of anilines is 1. The van der Waals surface area contributed by atoms with E-state index in [4.69, 9.17) is 10.6 Å². The third-order valence-electron chi connectivity index (χ3n) is 9.82. The standard InChI is InChI=1S/C31H40N4O10/c1-6-15(34-45-13-9-11(2)10-13)30(43)33-16-8-7-14-12(3)17-19(24(37)18(14)23(16)36)27(40)31(44)21(25(17)38)22(35(4)5)26(39)20(28(31)41)29(32)42/h7-8,11-13,15,17,21-22,25,34,36-38,41,44H,6,9-10H2,1-5H3,(H2,32,42)(H,33,43)/t11?,12?,13?,15?,17?,21?,22-,25?,31-/m0/s1. The smallest absolute Gasteiger partial charge is 0.255 e. The number of nitrogens with two attached hydrogens (primary N) is 1. The molecule has 5 rings (SSSR count). The van der Waals surface area contributed by atoms with E-state index < -0.39 is 93.3 Å². The Morgan fingerprint density at radius 3 is 2.36 bits per heavy atom. The van der Waals surface area contributed by atoms with E-state index in [2.05, 4.69) is 17.7 Å². The summed E-state index contributed by atoms with van der Waals surface area (Å²) in [5.41, 5.74) is 3.64. The van der Waals surface area contributed by atoms with Gasteiger partial charge >= 0.3 is 0 Å². The molecule has 0 aliphatic heterocycles. The number of nitrogens with one attached hydrogen (secondary N) is 2. The third kappa shape index (κ3) is 4.82. The molecule has 0 bridgehead atoms. The van der Waals surface area contributed by atoms with E-state index in [-0.39, 0.29) is 17.4 Å². The first-order chi connectivity index (χ1) is 21.1. The Morgan fingerprint density at radius 1 is 1.16 bits per heavy atom. The molecule has 2 saturated carbocycles. The molecule has 4 aliphatic rings. The molecule has 0 aromatic heterocycles. The minimum atomic E-state index is -3.01. The van der Waals surface area contributed by atoms with Gasteiger partial charge in [0.15, 0.2) is 11.4 Å². The lowest BCUT2D eigenvalue weighted by Crippen LogP contribution is -2.70. The largest absolute Gasteiger partial charge is 0.508 e. The van der Waals surface area contributed by atoms with E-state index in [1.165, 1.54) is 31.1 Å². The summed E-state index contributed by atoms with van der Waals surface area (Å²) in [4.78, 5) is 59.6. The Labute approximate surface area is 259 Å². The maximum atomic E-state index is 14.1. The number of hydrogen-bond donors (Lipinski definition) is 8. The predicted molar refractivity (Wildman–Crippen MR) is 159 cm³/mol. The summed E-state index contributed by atoms with van der Waals surface area (Å²) >= 11 is 0. The second-order valence-corrected chi connectivity index (χ2v) is 12.9. The van der Waals surface area contributed by atoms with Gasteiger partial charge in [0.05, 0.1) is 35.4 Å². The summed E-state index contributed by atoms with van der Waals surface area (Å²) in [6, 6.07) is 0.752. The van der Waals surface area contributed by atoms with Crippen molar-refractivity contribution in [2.24, 2.45) is 23.5 Å². The number of primary amides is 1. The number of aliphatic hydroxyl groups is 4. The fourth-order valence-corrected chi connectivity index (χ4v) is 7.36. The summed E-state index contributed by atoms with van der Waals surface area (Å²) in [7, 11) is 2.88. The lowest BCUT2D eigenvalue weighted by atomic mass is 9.54. The SMILES string of the molecule is CCC(NOC1CC(C)C1)C(=O)Nc1ccc2c(c1O)C(O)=C1C(=O)[C@]3(O)C(O)=C(C(N)=O)C(=O)[C@@H](N(C)C)C3C(O)C1C2C. The van der Waals surface area contributed by atoms with Gasteiger partial charge in [-0.05, 0) is 56.8 Å². The molecule has 5 unspecified atom stereocenters. The van der Waals surface area contributed by atoms with Gasteiger partial charge in [0.2, 0.25) is 11.7 Å². The average Bonchev–Trinajstić information content (AvgIpc) is 2.95. The third-order valence-corrected chi connectivity index (χ3v) is 9.82. The zero-order chi connectivity index (χ0) is 33.3. The molecular formula is C31H40N4O10. The van der Waals surface area contributed by atoms with Crippen molar-refractivity contribution in [2.45, 2.75) is 75.8 Å². The number of hydrogen-bond acceptors (Lipinski definition) is 12. The van der Waals surface area contributed by atoms with E-state index in [1.54, 1.807) is 13.8 Å². The van der Waals surface area contributed by atoms with E-state index in [0.29, 0.717) is 17.9 Å². The zero-order valence-electron chi connectivity index (χ0n) is 25.7. The summed E-state index contributed by atoms with van der Waals surface area (Å²) in [5.74, 6) is -9.87. The topological polar surface area (TPSA) is 232 Å². The number of aromatic hydroxyl groups is 1. The monoisotopic (exact) mass is 628 g/mol. The van der Waals surface area contributed by atoms with Crippen LogP contribution in [-0.2, 0) is 24.0 Å². The highest BCUT2D eigenvalue weighted by Gasteiger charge is 2.68. The highest BCUT2D eigenvalue weighted by atomic mass is 16.7. The number of carbonyl (C=O) groups is 4. The van der Waals surface area contributed by atoms with Gasteiger partial charge < -0.3 is 36.6 Å². The number of aliphatic hydroxyl groups excluding tert-OH is 3. The number of Topliss-reactive ketones (excluding diaryl/α,β-unsaturated/α-hetero) is 2. The Kier molecular flexibility index (Phi) is 8.34. The number of carbonyl (C=O) groups excluding carboxylic acids is 4. The van der Waals surface area contributed by atoms with E-state index in [0.717, 1.165) is 12.8 Å². The fourth-order valence-electron chi connectivity index (χ4n) is 7.36. The fraction of sp³-hybridized carbons (Fsp3) is 0.548. The molecular weight excluding hydrogens is 588 g/mol. The normalized spacial score (nSPS) is 33.3. The summed E-state index contributed by atoms with van der Waals surface area (Å²) in [6.45, 7) is 5.51.